The standard InChI is InChI=1S/C10H5ClF3NO2S/c11-18(16,17)8-3-1-2-7-9(8)6(4-5-15-7)10(12,13)14/h1-5H. The molecule has 3 nitrogen and oxygen atoms in total. The quantitative estimate of drug-likeness (QED) is 0.759. The van der Waals surface area contributed by atoms with Gasteiger partial charge in [0.15, 0.2) is 0 Å². The van der Waals surface area contributed by atoms with E-state index in [2.05, 4.69) is 4.98 Å². The first-order valence-electron chi connectivity index (χ1n) is 4.61. The molecule has 0 aliphatic heterocycles. The molecule has 0 fully saturated rings. The van der Waals surface area contributed by atoms with Gasteiger partial charge in [-0.25, -0.2) is 8.42 Å². The Morgan fingerprint density at radius 3 is 2.39 bits per heavy atom. The molecule has 8 heteroatoms. The van der Waals surface area contributed by atoms with Crippen molar-refractivity contribution in [2.24, 2.45) is 0 Å². The lowest BCUT2D eigenvalue weighted by Crippen LogP contribution is -2.08. The van der Waals surface area contributed by atoms with E-state index in [0.29, 0.717) is 6.07 Å². The Morgan fingerprint density at radius 1 is 1.17 bits per heavy atom. The molecule has 96 valence electrons. The first kappa shape index (κ1) is 13.1. The van der Waals surface area contributed by atoms with Crippen molar-refractivity contribution in [2.75, 3.05) is 0 Å². The van der Waals surface area contributed by atoms with Gasteiger partial charge in [-0.3, -0.25) is 4.98 Å². The molecule has 1 aromatic carbocycles. The number of fused-ring (bicyclic) bond motifs is 1. The fourth-order valence-corrected chi connectivity index (χ4v) is 2.70. The van der Waals surface area contributed by atoms with Gasteiger partial charge in [-0.15, -0.1) is 0 Å². The number of aromatic nitrogens is 1. The monoisotopic (exact) mass is 295 g/mol. The third kappa shape index (κ3) is 2.28. The van der Waals surface area contributed by atoms with Gasteiger partial charge in [0.2, 0.25) is 0 Å². The largest absolute Gasteiger partial charge is 0.417 e. The third-order valence-electron chi connectivity index (χ3n) is 2.30. The molecule has 0 amide bonds. The van der Waals surface area contributed by atoms with Crippen molar-refractivity contribution in [2.45, 2.75) is 11.1 Å². The Balaban J connectivity index is 2.99. The molecule has 2 aromatic rings. The second-order valence-electron chi connectivity index (χ2n) is 3.44. The maximum atomic E-state index is 12.8. The van der Waals surface area contributed by atoms with Crippen molar-refractivity contribution in [3.63, 3.8) is 0 Å². The van der Waals surface area contributed by atoms with Gasteiger partial charge in [-0.2, -0.15) is 13.2 Å². The lowest BCUT2D eigenvalue weighted by molar-refractivity contribution is -0.136. The first-order valence-corrected chi connectivity index (χ1v) is 6.92. The maximum absolute atomic E-state index is 12.8. The molecule has 18 heavy (non-hydrogen) atoms. The van der Waals surface area contributed by atoms with Crippen molar-refractivity contribution in [1.82, 2.24) is 4.98 Å². The molecular weight excluding hydrogens is 291 g/mol. The van der Waals surface area contributed by atoms with Gasteiger partial charge in [0.25, 0.3) is 9.05 Å². The number of alkyl halides is 3. The Morgan fingerprint density at radius 2 is 1.83 bits per heavy atom. The molecule has 0 saturated heterocycles. The van der Waals surface area contributed by atoms with E-state index < -0.39 is 31.1 Å². The molecular formula is C10H5ClF3NO2S. The van der Waals surface area contributed by atoms with E-state index >= 15 is 0 Å². The summed E-state index contributed by atoms with van der Waals surface area (Å²) in [7, 11) is 0.857. The maximum Gasteiger partial charge on any atom is 0.417 e. The van der Waals surface area contributed by atoms with E-state index in [1.807, 2.05) is 0 Å². The Labute approximate surface area is 105 Å². The normalized spacial score (nSPS) is 12.9. The second-order valence-corrected chi connectivity index (χ2v) is 5.98. The van der Waals surface area contributed by atoms with Gasteiger partial charge in [0, 0.05) is 22.3 Å². The third-order valence-corrected chi connectivity index (χ3v) is 3.66. The fourth-order valence-electron chi connectivity index (χ4n) is 1.61. The van der Waals surface area contributed by atoms with E-state index in [4.69, 9.17) is 10.7 Å². The zero-order valence-electron chi connectivity index (χ0n) is 8.57. The van der Waals surface area contributed by atoms with E-state index in [1.165, 1.54) is 12.1 Å². The molecule has 0 N–H and O–H groups in total. The topological polar surface area (TPSA) is 47.0 Å². The first-order chi connectivity index (χ1) is 8.21. The Bertz CT molecular complexity index is 707. The van der Waals surface area contributed by atoms with Crippen LogP contribution in [0.5, 0.6) is 0 Å². The van der Waals surface area contributed by atoms with Gasteiger partial charge in [0.05, 0.1) is 16.0 Å². The molecule has 0 saturated carbocycles. The number of benzene rings is 1. The molecule has 0 aliphatic rings. The van der Waals surface area contributed by atoms with E-state index in [1.54, 1.807) is 0 Å². The molecule has 0 unspecified atom stereocenters. The predicted octanol–water partition coefficient (Wildman–Crippen LogP) is 3.18. The van der Waals surface area contributed by atoms with Crippen LogP contribution in [-0.2, 0) is 15.2 Å². The van der Waals surface area contributed by atoms with E-state index in [-0.39, 0.29) is 5.52 Å². The average Bonchev–Trinajstić information content (AvgIpc) is 2.24. The summed E-state index contributed by atoms with van der Waals surface area (Å²) in [6.45, 7) is 0. The highest BCUT2D eigenvalue weighted by molar-refractivity contribution is 8.14. The zero-order valence-corrected chi connectivity index (χ0v) is 10.1. The van der Waals surface area contributed by atoms with Crippen LogP contribution in [0.3, 0.4) is 0 Å². The summed E-state index contributed by atoms with van der Waals surface area (Å²) >= 11 is 0. The number of rotatable bonds is 1. The lowest BCUT2D eigenvalue weighted by Gasteiger charge is -2.11. The highest BCUT2D eigenvalue weighted by Gasteiger charge is 2.34. The molecule has 2 rings (SSSR count). The van der Waals surface area contributed by atoms with E-state index in [9.17, 15) is 21.6 Å². The van der Waals surface area contributed by atoms with Crippen molar-refractivity contribution < 1.29 is 21.6 Å². The fraction of sp³-hybridized carbons (Fsp3) is 0.100. The SMILES string of the molecule is O=S(=O)(Cl)c1cccc2nccc(C(F)(F)F)c12. The number of hydrogen-bond donors (Lipinski definition) is 0. The lowest BCUT2D eigenvalue weighted by atomic mass is 10.1. The van der Waals surface area contributed by atoms with Crippen LogP contribution >= 0.6 is 10.7 Å². The van der Waals surface area contributed by atoms with Crippen LogP contribution in [-0.4, -0.2) is 13.4 Å². The summed E-state index contributed by atoms with van der Waals surface area (Å²) in [5.41, 5.74) is -1.15. The summed E-state index contributed by atoms with van der Waals surface area (Å²) in [6, 6.07) is 4.30. The number of pyridine rings is 1. The second kappa shape index (κ2) is 4.10. The summed E-state index contributed by atoms with van der Waals surface area (Å²) in [5, 5.41) is -0.512. The van der Waals surface area contributed by atoms with Crippen LogP contribution in [0.25, 0.3) is 10.9 Å². The minimum Gasteiger partial charge on any atom is -0.256 e. The summed E-state index contributed by atoms with van der Waals surface area (Å²) in [5.74, 6) is 0. The van der Waals surface area contributed by atoms with Crippen LogP contribution in [0.1, 0.15) is 5.56 Å². The molecule has 1 aromatic heterocycles. The number of hydrogen-bond acceptors (Lipinski definition) is 3. The predicted molar refractivity (Wildman–Crippen MR) is 59.8 cm³/mol. The summed E-state index contributed by atoms with van der Waals surface area (Å²) in [4.78, 5) is 3.11. The molecule has 0 radical (unpaired) electrons. The number of halogens is 4. The van der Waals surface area contributed by atoms with Crippen molar-refractivity contribution >= 4 is 30.6 Å². The average molecular weight is 296 g/mol. The highest BCUT2D eigenvalue weighted by atomic mass is 35.7. The summed E-state index contributed by atoms with van der Waals surface area (Å²) in [6.07, 6.45) is -3.71. The smallest absolute Gasteiger partial charge is 0.256 e. The van der Waals surface area contributed by atoms with Crippen molar-refractivity contribution in [3.8, 4) is 0 Å². The molecule has 0 bridgehead atoms. The van der Waals surface area contributed by atoms with Gasteiger partial charge in [0.1, 0.15) is 0 Å². The molecule has 0 atom stereocenters. The van der Waals surface area contributed by atoms with Crippen LogP contribution in [0.15, 0.2) is 35.4 Å². The summed E-state index contributed by atoms with van der Waals surface area (Å²) < 4.78 is 61.1. The molecule has 0 aliphatic carbocycles. The molecule has 0 spiro atoms. The van der Waals surface area contributed by atoms with Crippen LogP contribution < -0.4 is 0 Å². The number of nitrogens with zero attached hydrogens (tertiary/aromatic N) is 1. The van der Waals surface area contributed by atoms with Crippen molar-refractivity contribution in [3.05, 3.63) is 36.0 Å². The minimum atomic E-state index is -4.68. The Kier molecular flexibility index (Phi) is 2.98. The van der Waals surface area contributed by atoms with Crippen LogP contribution in [0.4, 0.5) is 13.2 Å². The molecule has 1 heterocycles. The van der Waals surface area contributed by atoms with Gasteiger partial charge in [-0.05, 0) is 18.2 Å². The van der Waals surface area contributed by atoms with E-state index in [0.717, 1.165) is 12.3 Å². The van der Waals surface area contributed by atoms with Gasteiger partial charge in [-0.1, -0.05) is 6.07 Å². The van der Waals surface area contributed by atoms with Crippen LogP contribution in [0, 0.1) is 0 Å². The Hall–Kier alpha value is -1.34. The van der Waals surface area contributed by atoms with Gasteiger partial charge >= 0.3 is 6.18 Å². The zero-order chi connectivity index (χ0) is 13.6. The van der Waals surface area contributed by atoms with Gasteiger partial charge < -0.3 is 0 Å². The minimum absolute atomic E-state index is 0.0773. The van der Waals surface area contributed by atoms with Crippen LogP contribution in [0.2, 0.25) is 0 Å². The highest BCUT2D eigenvalue weighted by Crippen LogP contribution is 2.37. The van der Waals surface area contributed by atoms with Crippen molar-refractivity contribution in [1.29, 1.82) is 0 Å².